The van der Waals surface area contributed by atoms with Crippen molar-refractivity contribution < 1.29 is 4.74 Å². The first-order valence-corrected chi connectivity index (χ1v) is 6.72. The SMILES string of the molecule is COc1ccccc1C(C)Nc1ccc(Cl)c(Cl)c1. The Morgan fingerprint density at radius 1 is 1.05 bits per heavy atom. The van der Waals surface area contributed by atoms with E-state index in [0.29, 0.717) is 10.0 Å². The summed E-state index contributed by atoms with van der Waals surface area (Å²) in [5.74, 6) is 0.863. The van der Waals surface area contributed by atoms with Gasteiger partial charge in [-0.25, -0.2) is 0 Å². The summed E-state index contributed by atoms with van der Waals surface area (Å²) in [5.41, 5.74) is 2.02. The van der Waals surface area contributed by atoms with Gasteiger partial charge >= 0.3 is 0 Å². The van der Waals surface area contributed by atoms with E-state index in [1.807, 2.05) is 36.4 Å². The summed E-state index contributed by atoms with van der Waals surface area (Å²) in [7, 11) is 1.67. The second-order valence-corrected chi connectivity index (χ2v) is 5.05. The number of methoxy groups -OCH3 is 1. The normalized spacial score (nSPS) is 12.0. The van der Waals surface area contributed by atoms with Crippen LogP contribution < -0.4 is 10.1 Å². The van der Waals surface area contributed by atoms with Gasteiger partial charge in [0.25, 0.3) is 0 Å². The van der Waals surface area contributed by atoms with Crippen LogP contribution in [0.1, 0.15) is 18.5 Å². The Balaban J connectivity index is 2.20. The summed E-state index contributed by atoms with van der Waals surface area (Å²) < 4.78 is 5.36. The molecule has 2 aromatic rings. The maximum absolute atomic E-state index is 6.01. The van der Waals surface area contributed by atoms with E-state index >= 15 is 0 Å². The molecule has 1 N–H and O–H groups in total. The fourth-order valence-electron chi connectivity index (χ4n) is 1.94. The fourth-order valence-corrected chi connectivity index (χ4v) is 2.24. The average molecular weight is 296 g/mol. The molecule has 1 unspecified atom stereocenters. The van der Waals surface area contributed by atoms with E-state index in [9.17, 15) is 0 Å². The molecule has 1 atom stereocenters. The van der Waals surface area contributed by atoms with Crippen molar-refractivity contribution in [2.75, 3.05) is 12.4 Å². The average Bonchev–Trinajstić information content (AvgIpc) is 2.43. The van der Waals surface area contributed by atoms with Crippen LogP contribution in [0.3, 0.4) is 0 Å². The predicted molar refractivity (Wildman–Crippen MR) is 81.5 cm³/mol. The van der Waals surface area contributed by atoms with Gasteiger partial charge in [0.1, 0.15) is 5.75 Å². The standard InChI is InChI=1S/C15H15Cl2NO/c1-10(12-5-3-4-6-15(12)19-2)18-11-7-8-13(16)14(17)9-11/h3-10,18H,1-2H3. The molecule has 0 saturated carbocycles. The zero-order valence-corrected chi connectivity index (χ0v) is 12.3. The smallest absolute Gasteiger partial charge is 0.124 e. The molecular formula is C15H15Cl2NO. The minimum Gasteiger partial charge on any atom is -0.496 e. The van der Waals surface area contributed by atoms with Crippen LogP contribution in [0, 0.1) is 0 Å². The molecule has 0 aromatic heterocycles. The van der Waals surface area contributed by atoms with E-state index in [1.54, 1.807) is 13.2 Å². The van der Waals surface area contributed by atoms with Gasteiger partial charge in [-0.3, -0.25) is 0 Å². The summed E-state index contributed by atoms with van der Waals surface area (Å²) in [6.07, 6.45) is 0. The first-order chi connectivity index (χ1) is 9.11. The highest BCUT2D eigenvalue weighted by Gasteiger charge is 2.11. The second kappa shape index (κ2) is 6.18. The molecule has 0 heterocycles. The van der Waals surface area contributed by atoms with E-state index in [4.69, 9.17) is 27.9 Å². The molecular weight excluding hydrogens is 281 g/mol. The van der Waals surface area contributed by atoms with Crippen molar-refractivity contribution in [1.29, 1.82) is 0 Å². The Bertz CT molecular complexity index is 572. The molecule has 0 radical (unpaired) electrons. The maximum Gasteiger partial charge on any atom is 0.124 e. The maximum atomic E-state index is 6.01. The summed E-state index contributed by atoms with van der Waals surface area (Å²) >= 11 is 11.9. The summed E-state index contributed by atoms with van der Waals surface area (Å²) in [6.45, 7) is 2.07. The molecule has 100 valence electrons. The van der Waals surface area contributed by atoms with Crippen molar-refractivity contribution in [1.82, 2.24) is 0 Å². The van der Waals surface area contributed by atoms with E-state index in [0.717, 1.165) is 17.0 Å². The molecule has 4 heteroatoms. The Hall–Kier alpha value is -1.38. The molecule has 0 bridgehead atoms. The molecule has 0 aliphatic rings. The van der Waals surface area contributed by atoms with Crippen molar-refractivity contribution in [2.45, 2.75) is 13.0 Å². The minimum absolute atomic E-state index is 0.105. The lowest BCUT2D eigenvalue weighted by Gasteiger charge is -2.18. The van der Waals surface area contributed by atoms with Crippen LogP contribution >= 0.6 is 23.2 Å². The molecule has 19 heavy (non-hydrogen) atoms. The van der Waals surface area contributed by atoms with Gasteiger partial charge in [0.2, 0.25) is 0 Å². The Labute approximate surface area is 123 Å². The van der Waals surface area contributed by atoms with Crippen LogP contribution in [-0.4, -0.2) is 7.11 Å². The number of nitrogens with one attached hydrogen (secondary N) is 1. The van der Waals surface area contributed by atoms with Crippen molar-refractivity contribution in [2.24, 2.45) is 0 Å². The first-order valence-electron chi connectivity index (χ1n) is 5.96. The largest absolute Gasteiger partial charge is 0.496 e. The molecule has 0 fully saturated rings. The summed E-state index contributed by atoms with van der Waals surface area (Å²) in [6, 6.07) is 13.5. The quantitative estimate of drug-likeness (QED) is 0.839. The third-order valence-electron chi connectivity index (χ3n) is 2.91. The van der Waals surface area contributed by atoms with Gasteiger partial charge in [-0.2, -0.15) is 0 Å². The van der Waals surface area contributed by atoms with Gasteiger partial charge < -0.3 is 10.1 Å². The molecule has 2 nitrogen and oxygen atoms in total. The minimum atomic E-state index is 0.105. The molecule has 0 amide bonds. The number of ether oxygens (including phenoxy) is 1. The van der Waals surface area contributed by atoms with Crippen LogP contribution in [-0.2, 0) is 0 Å². The fraction of sp³-hybridized carbons (Fsp3) is 0.200. The second-order valence-electron chi connectivity index (χ2n) is 4.24. The first kappa shape index (κ1) is 14.0. The van der Waals surface area contributed by atoms with E-state index in [-0.39, 0.29) is 6.04 Å². The number of hydrogen-bond donors (Lipinski definition) is 1. The lowest BCUT2D eigenvalue weighted by atomic mass is 10.1. The van der Waals surface area contributed by atoms with Crippen LogP contribution in [0.5, 0.6) is 5.75 Å². The highest BCUT2D eigenvalue weighted by molar-refractivity contribution is 6.42. The highest BCUT2D eigenvalue weighted by atomic mass is 35.5. The number of hydrogen-bond acceptors (Lipinski definition) is 2. The van der Waals surface area contributed by atoms with Crippen LogP contribution in [0.25, 0.3) is 0 Å². The van der Waals surface area contributed by atoms with Gasteiger partial charge in [-0.1, -0.05) is 41.4 Å². The lowest BCUT2D eigenvalue weighted by molar-refractivity contribution is 0.408. The Morgan fingerprint density at radius 3 is 2.47 bits per heavy atom. The third-order valence-corrected chi connectivity index (χ3v) is 3.65. The van der Waals surface area contributed by atoms with Crippen molar-refractivity contribution in [3.8, 4) is 5.75 Å². The summed E-state index contributed by atoms with van der Waals surface area (Å²) in [5, 5.41) is 4.47. The van der Waals surface area contributed by atoms with Crippen molar-refractivity contribution in [3.05, 3.63) is 58.1 Å². The zero-order valence-electron chi connectivity index (χ0n) is 10.8. The van der Waals surface area contributed by atoms with E-state index in [2.05, 4.69) is 12.2 Å². The van der Waals surface area contributed by atoms with Gasteiger partial charge in [-0.05, 0) is 31.2 Å². The van der Waals surface area contributed by atoms with Crippen LogP contribution in [0.15, 0.2) is 42.5 Å². The summed E-state index contributed by atoms with van der Waals surface area (Å²) in [4.78, 5) is 0. The van der Waals surface area contributed by atoms with E-state index < -0.39 is 0 Å². The highest BCUT2D eigenvalue weighted by Crippen LogP contribution is 2.30. The van der Waals surface area contributed by atoms with Crippen LogP contribution in [0.4, 0.5) is 5.69 Å². The third kappa shape index (κ3) is 3.34. The van der Waals surface area contributed by atoms with E-state index in [1.165, 1.54) is 0 Å². The number of halogens is 2. The topological polar surface area (TPSA) is 21.3 Å². The molecule has 2 aromatic carbocycles. The zero-order chi connectivity index (χ0) is 13.8. The lowest BCUT2D eigenvalue weighted by Crippen LogP contribution is -2.08. The van der Waals surface area contributed by atoms with Gasteiger partial charge in [0.05, 0.1) is 23.2 Å². The van der Waals surface area contributed by atoms with Crippen LogP contribution in [0.2, 0.25) is 10.0 Å². The molecule has 0 aliphatic carbocycles. The number of rotatable bonds is 4. The number of anilines is 1. The molecule has 0 spiro atoms. The molecule has 2 rings (SSSR count). The van der Waals surface area contributed by atoms with Gasteiger partial charge in [0.15, 0.2) is 0 Å². The number of benzene rings is 2. The monoisotopic (exact) mass is 295 g/mol. The Kier molecular flexibility index (Phi) is 4.56. The van der Waals surface area contributed by atoms with Gasteiger partial charge in [0, 0.05) is 11.3 Å². The van der Waals surface area contributed by atoms with Gasteiger partial charge in [-0.15, -0.1) is 0 Å². The molecule has 0 saturated heterocycles. The van der Waals surface area contributed by atoms with Crippen molar-refractivity contribution in [3.63, 3.8) is 0 Å². The van der Waals surface area contributed by atoms with Crippen molar-refractivity contribution >= 4 is 28.9 Å². The predicted octanol–water partition coefficient (Wildman–Crippen LogP) is 5.18. The molecule has 0 aliphatic heterocycles. The Morgan fingerprint density at radius 2 is 1.79 bits per heavy atom. The number of para-hydroxylation sites is 1.